The third kappa shape index (κ3) is 2.17. The molecule has 0 fully saturated rings. The van der Waals surface area contributed by atoms with Crippen molar-refractivity contribution in [1.82, 2.24) is 4.98 Å². The van der Waals surface area contributed by atoms with Crippen LogP contribution in [0, 0.1) is 0 Å². The molecule has 0 amide bonds. The van der Waals surface area contributed by atoms with Crippen molar-refractivity contribution >= 4 is 23.1 Å². The molecule has 0 aliphatic carbocycles. The Labute approximate surface area is 102 Å². The smallest absolute Gasteiger partial charge is 0.352 e. The molecule has 0 spiro atoms. The molecule has 0 aliphatic heterocycles. The fraction of sp³-hybridized carbons (Fsp3) is 0. The summed E-state index contributed by atoms with van der Waals surface area (Å²) in [6.45, 7) is 0. The number of nitrogens with one attached hydrogen (secondary N) is 1. The second kappa shape index (κ2) is 4.25. The molecule has 0 atom stereocenters. The highest BCUT2D eigenvalue weighted by Gasteiger charge is 2.14. The van der Waals surface area contributed by atoms with Gasteiger partial charge in [0.2, 0.25) is 0 Å². The minimum Gasteiger partial charge on any atom is -0.477 e. The third-order valence-electron chi connectivity index (χ3n) is 2.42. The van der Waals surface area contributed by atoms with Crippen molar-refractivity contribution in [3.8, 4) is 0 Å². The summed E-state index contributed by atoms with van der Waals surface area (Å²) >= 11 is 0. The second-order valence-corrected chi connectivity index (χ2v) is 3.82. The Morgan fingerprint density at radius 1 is 1.00 bits per heavy atom. The van der Waals surface area contributed by atoms with Gasteiger partial charge < -0.3 is 21.6 Å². The summed E-state index contributed by atoms with van der Waals surface area (Å²) in [6.07, 6.45) is 1.34. The molecular formula is C12H11N3O3. The highest BCUT2D eigenvalue weighted by Crippen LogP contribution is 2.17. The van der Waals surface area contributed by atoms with Crippen LogP contribution in [-0.4, -0.2) is 21.8 Å². The number of rotatable bonds is 3. The van der Waals surface area contributed by atoms with E-state index in [-0.39, 0.29) is 17.0 Å². The molecule has 2 aromatic rings. The van der Waals surface area contributed by atoms with E-state index in [0.29, 0.717) is 16.9 Å². The molecule has 0 saturated carbocycles. The lowest BCUT2D eigenvalue weighted by Gasteiger charge is -2.02. The van der Waals surface area contributed by atoms with E-state index in [2.05, 4.69) is 4.98 Å². The van der Waals surface area contributed by atoms with Crippen LogP contribution in [-0.2, 0) is 0 Å². The molecule has 6 N–H and O–H groups in total. The zero-order valence-corrected chi connectivity index (χ0v) is 9.31. The molecule has 2 rings (SSSR count). The second-order valence-electron chi connectivity index (χ2n) is 3.82. The Kier molecular flexibility index (Phi) is 2.77. The van der Waals surface area contributed by atoms with Crippen molar-refractivity contribution in [2.45, 2.75) is 0 Å². The van der Waals surface area contributed by atoms with Crippen molar-refractivity contribution in [1.29, 1.82) is 0 Å². The molecule has 1 heterocycles. The summed E-state index contributed by atoms with van der Waals surface area (Å²) in [4.78, 5) is 25.3. The first-order valence-electron chi connectivity index (χ1n) is 5.10. The fourth-order valence-corrected chi connectivity index (χ4v) is 1.62. The normalized spacial score (nSPS) is 10.2. The first-order valence-corrected chi connectivity index (χ1v) is 5.10. The minimum absolute atomic E-state index is 0.0461. The molecule has 0 aliphatic rings. The number of H-pyrrole nitrogens is 1. The zero-order valence-electron chi connectivity index (χ0n) is 9.31. The first-order chi connectivity index (χ1) is 8.47. The van der Waals surface area contributed by atoms with Gasteiger partial charge in [-0.05, 0) is 24.3 Å². The molecule has 1 aromatic carbocycles. The Morgan fingerprint density at radius 3 is 2.11 bits per heavy atom. The summed E-state index contributed by atoms with van der Waals surface area (Å²) in [5.41, 5.74) is 12.5. The summed E-state index contributed by atoms with van der Waals surface area (Å²) in [6, 6.07) is 5.79. The van der Waals surface area contributed by atoms with Gasteiger partial charge in [0, 0.05) is 28.7 Å². The number of aromatic amines is 1. The lowest BCUT2D eigenvalue weighted by molar-refractivity contribution is 0.0691. The molecular weight excluding hydrogens is 234 g/mol. The molecule has 0 radical (unpaired) electrons. The molecule has 0 saturated heterocycles. The van der Waals surface area contributed by atoms with Gasteiger partial charge in [0.05, 0.1) is 0 Å². The number of carboxylic acids is 1. The number of nitrogens with two attached hydrogens (primary N) is 2. The van der Waals surface area contributed by atoms with Crippen LogP contribution < -0.4 is 11.5 Å². The van der Waals surface area contributed by atoms with E-state index in [4.69, 9.17) is 16.6 Å². The van der Waals surface area contributed by atoms with E-state index >= 15 is 0 Å². The van der Waals surface area contributed by atoms with Crippen LogP contribution in [0.3, 0.4) is 0 Å². The van der Waals surface area contributed by atoms with Crippen molar-refractivity contribution in [2.75, 3.05) is 11.5 Å². The number of carbonyl (C=O) groups excluding carboxylic acids is 1. The molecule has 6 nitrogen and oxygen atoms in total. The number of hydrogen-bond acceptors (Lipinski definition) is 4. The number of aromatic carboxylic acids is 1. The van der Waals surface area contributed by atoms with E-state index < -0.39 is 5.97 Å². The number of anilines is 2. The van der Waals surface area contributed by atoms with Gasteiger partial charge >= 0.3 is 5.97 Å². The average molecular weight is 245 g/mol. The van der Waals surface area contributed by atoms with Gasteiger partial charge in [-0.1, -0.05) is 0 Å². The predicted molar refractivity (Wildman–Crippen MR) is 66.5 cm³/mol. The number of hydrogen-bond donors (Lipinski definition) is 4. The van der Waals surface area contributed by atoms with Crippen LogP contribution in [0.2, 0.25) is 0 Å². The van der Waals surface area contributed by atoms with Crippen LogP contribution >= 0.6 is 0 Å². The maximum Gasteiger partial charge on any atom is 0.352 e. The van der Waals surface area contributed by atoms with E-state index in [1.165, 1.54) is 30.5 Å². The Morgan fingerprint density at radius 2 is 1.61 bits per heavy atom. The van der Waals surface area contributed by atoms with Crippen LogP contribution in [0.15, 0.2) is 30.5 Å². The number of benzene rings is 1. The number of ketones is 1. The molecule has 92 valence electrons. The summed E-state index contributed by atoms with van der Waals surface area (Å²) < 4.78 is 0. The van der Waals surface area contributed by atoms with Crippen LogP contribution in [0.1, 0.15) is 26.4 Å². The lowest BCUT2D eigenvalue weighted by Crippen LogP contribution is -2.02. The largest absolute Gasteiger partial charge is 0.477 e. The van der Waals surface area contributed by atoms with Crippen molar-refractivity contribution in [2.24, 2.45) is 0 Å². The van der Waals surface area contributed by atoms with E-state index in [9.17, 15) is 9.59 Å². The Hall–Kier alpha value is -2.76. The average Bonchev–Trinajstić information content (AvgIpc) is 2.75. The molecule has 1 aromatic heterocycles. The van der Waals surface area contributed by atoms with Gasteiger partial charge in [-0.25, -0.2) is 4.79 Å². The molecule has 0 unspecified atom stereocenters. The van der Waals surface area contributed by atoms with Gasteiger partial charge in [-0.15, -0.1) is 0 Å². The standard InChI is InChI=1S/C12H11N3O3/c13-8-1-6(2-9(14)4-8)11(16)7-3-10(12(17)18)15-5-7/h1-5,15H,13-14H2,(H,17,18). The topological polar surface area (TPSA) is 122 Å². The molecule has 0 bridgehead atoms. The van der Waals surface area contributed by atoms with Crippen molar-refractivity contribution in [3.05, 3.63) is 47.3 Å². The number of carboxylic acid groups (broad SMARTS) is 1. The maximum absolute atomic E-state index is 12.1. The van der Waals surface area contributed by atoms with Crippen LogP contribution in [0.5, 0.6) is 0 Å². The predicted octanol–water partition coefficient (Wildman–Crippen LogP) is 1.11. The van der Waals surface area contributed by atoms with E-state index in [1.54, 1.807) is 0 Å². The van der Waals surface area contributed by atoms with Crippen LogP contribution in [0.25, 0.3) is 0 Å². The van der Waals surface area contributed by atoms with Crippen molar-refractivity contribution in [3.63, 3.8) is 0 Å². The van der Waals surface area contributed by atoms with Gasteiger partial charge in [0.25, 0.3) is 0 Å². The highest BCUT2D eigenvalue weighted by molar-refractivity contribution is 6.10. The van der Waals surface area contributed by atoms with Gasteiger partial charge in [-0.2, -0.15) is 0 Å². The first kappa shape index (κ1) is 11.7. The van der Waals surface area contributed by atoms with Crippen molar-refractivity contribution < 1.29 is 14.7 Å². The van der Waals surface area contributed by atoms with E-state index in [1.807, 2.05) is 0 Å². The highest BCUT2D eigenvalue weighted by atomic mass is 16.4. The zero-order chi connectivity index (χ0) is 13.3. The maximum atomic E-state index is 12.1. The van der Waals surface area contributed by atoms with Gasteiger partial charge in [-0.3, -0.25) is 4.79 Å². The Bertz CT molecular complexity index is 611. The molecule has 18 heavy (non-hydrogen) atoms. The number of nitrogen functional groups attached to an aromatic ring is 2. The number of carbonyl (C=O) groups is 2. The third-order valence-corrected chi connectivity index (χ3v) is 2.42. The monoisotopic (exact) mass is 245 g/mol. The summed E-state index contributed by atoms with van der Waals surface area (Å²) in [5, 5.41) is 8.76. The Balaban J connectivity index is 2.38. The van der Waals surface area contributed by atoms with Crippen LogP contribution in [0.4, 0.5) is 11.4 Å². The summed E-state index contributed by atoms with van der Waals surface area (Å²) in [5.74, 6) is -1.46. The summed E-state index contributed by atoms with van der Waals surface area (Å²) in [7, 11) is 0. The minimum atomic E-state index is -1.12. The van der Waals surface area contributed by atoms with Gasteiger partial charge in [0.15, 0.2) is 5.78 Å². The lowest BCUT2D eigenvalue weighted by atomic mass is 10.0. The van der Waals surface area contributed by atoms with E-state index in [0.717, 1.165) is 0 Å². The number of aromatic nitrogens is 1. The SMILES string of the molecule is Nc1cc(N)cc(C(=O)c2c[nH]c(C(=O)O)c2)c1. The molecule has 6 heteroatoms. The fourth-order valence-electron chi connectivity index (χ4n) is 1.62. The van der Waals surface area contributed by atoms with Gasteiger partial charge in [0.1, 0.15) is 5.69 Å². The quantitative estimate of drug-likeness (QED) is 0.476.